The first-order valence-electron chi connectivity index (χ1n) is 6.06. The summed E-state index contributed by atoms with van der Waals surface area (Å²) < 4.78 is 10.7. The van der Waals surface area contributed by atoms with E-state index in [9.17, 15) is 0 Å². The Balaban J connectivity index is 2.30. The summed E-state index contributed by atoms with van der Waals surface area (Å²) in [5.74, 6) is 1.85. The number of aromatic nitrogens is 2. The Morgan fingerprint density at radius 1 is 1.15 bits per heavy atom. The number of methoxy groups -OCH3 is 1. The Bertz CT molecular complexity index is 609. The topological polar surface area (TPSA) is 70.3 Å². The van der Waals surface area contributed by atoms with E-state index in [2.05, 4.69) is 9.97 Å². The zero-order valence-electron chi connectivity index (χ0n) is 11.6. The molecule has 0 saturated carbocycles. The first kappa shape index (κ1) is 14.6. The van der Waals surface area contributed by atoms with Crippen LogP contribution in [0.1, 0.15) is 17.0 Å². The zero-order chi connectivity index (χ0) is 14.7. The van der Waals surface area contributed by atoms with Crippen LogP contribution in [0, 0.1) is 13.8 Å². The number of nitrogen functional groups attached to an aromatic ring is 1. The van der Waals surface area contributed by atoms with Gasteiger partial charge >= 0.3 is 0 Å². The smallest absolute Gasteiger partial charge is 0.224 e. The van der Waals surface area contributed by atoms with E-state index in [1.807, 2.05) is 26.0 Å². The highest BCUT2D eigenvalue weighted by molar-refractivity contribution is 6.32. The average Bonchev–Trinajstić information content (AvgIpc) is 2.35. The fourth-order valence-electron chi connectivity index (χ4n) is 1.82. The van der Waals surface area contributed by atoms with Crippen molar-refractivity contribution in [3.63, 3.8) is 0 Å². The fourth-order valence-corrected chi connectivity index (χ4v) is 1.93. The van der Waals surface area contributed by atoms with E-state index in [0.29, 0.717) is 23.3 Å². The number of ether oxygens (including phenoxy) is 2. The number of anilines is 1. The van der Waals surface area contributed by atoms with Gasteiger partial charge in [0.05, 0.1) is 0 Å². The molecule has 2 N–H and O–H groups in total. The molecular weight excluding hydrogens is 278 g/mol. The van der Waals surface area contributed by atoms with Crippen LogP contribution in [-0.4, -0.2) is 17.1 Å². The Morgan fingerprint density at radius 3 is 2.40 bits per heavy atom. The number of rotatable bonds is 4. The molecule has 0 saturated heterocycles. The van der Waals surface area contributed by atoms with Crippen molar-refractivity contribution >= 4 is 17.4 Å². The third-order valence-electron chi connectivity index (χ3n) is 2.67. The van der Waals surface area contributed by atoms with Gasteiger partial charge in [-0.3, -0.25) is 0 Å². The molecule has 1 aromatic carbocycles. The van der Waals surface area contributed by atoms with Crippen LogP contribution in [0.3, 0.4) is 0 Å². The molecule has 2 rings (SSSR count). The van der Waals surface area contributed by atoms with E-state index >= 15 is 0 Å². The summed E-state index contributed by atoms with van der Waals surface area (Å²) in [5.41, 5.74) is 7.61. The molecule has 2 aromatic rings. The van der Waals surface area contributed by atoms with Gasteiger partial charge in [0, 0.05) is 18.2 Å². The van der Waals surface area contributed by atoms with Crippen LogP contribution in [0.5, 0.6) is 11.6 Å². The molecule has 0 aliphatic carbocycles. The van der Waals surface area contributed by atoms with E-state index in [4.69, 9.17) is 26.8 Å². The van der Waals surface area contributed by atoms with Crippen LogP contribution in [0.4, 0.5) is 5.82 Å². The summed E-state index contributed by atoms with van der Waals surface area (Å²) in [5, 5.41) is 0.736. The fraction of sp³-hybridized carbons (Fsp3) is 0.286. The van der Waals surface area contributed by atoms with Gasteiger partial charge in [-0.25, -0.2) is 4.98 Å². The maximum atomic E-state index is 6.13. The molecule has 5 nitrogen and oxygen atoms in total. The quantitative estimate of drug-likeness (QED) is 0.937. The van der Waals surface area contributed by atoms with Gasteiger partial charge < -0.3 is 15.2 Å². The van der Waals surface area contributed by atoms with Crippen LogP contribution in [0.25, 0.3) is 0 Å². The molecule has 0 radical (unpaired) electrons. The van der Waals surface area contributed by atoms with Crippen LogP contribution in [0.15, 0.2) is 18.2 Å². The largest absolute Gasteiger partial charge is 0.439 e. The van der Waals surface area contributed by atoms with Crippen molar-refractivity contribution < 1.29 is 9.47 Å². The van der Waals surface area contributed by atoms with Crippen molar-refractivity contribution in [3.8, 4) is 11.6 Å². The number of nitrogens with two attached hydrogens (primary N) is 1. The van der Waals surface area contributed by atoms with Crippen molar-refractivity contribution in [1.29, 1.82) is 0 Å². The van der Waals surface area contributed by atoms with E-state index in [-0.39, 0.29) is 6.61 Å². The van der Waals surface area contributed by atoms with E-state index in [0.717, 1.165) is 16.1 Å². The molecule has 1 aromatic heterocycles. The highest BCUT2D eigenvalue weighted by atomic mass is 35.5. The molecule has 6 heteroatoms. The van der Waals surface area contributed by atoms with Gasteiger partial charge in [-0.1, -0.05) is 11.6 Å². The lowest BCUT2D eigenvalue weighted by Crippen LogP contribution is -2.02. The molecule has 0 spiro atoms. The number of aryl methyl sites for hydroxylation is 2. The van der Waals surface area contributed by atoms with Gasteiger partial charge in [0.1, 0.15) is 18.2 Å². The Morgan fingerprint density at radius 2 is 1.80 bits per heavy atom. The standard InChI is InChI=1S/C14H16ClN3O2/c1-8-4-10(5-9(2)14(8)15)20-13-6-11(16)17-12(18-13)7-19-3/h4-6H,7H2,1-3H3,(H2,16,17,18). The molecule has 1 heterocycles. The number of halogens is 1. The first-order valence-corrected chi connectivity index (χ1v) is 6.44. The molecule has 0 amide bonds. The van der Waals surface area contributed by atoms with Gasteiger partial charge in [-0.15, -0.1) is 0 Å². The summed E-state index contributed by atoms with van der Waals surface area (Å²) in [6, 6.07) is 5.27. The van der Waals surface area contributed by atoms with Crippen molar-refractivity contribution in [3.05, 3.63) is 40.2 Å². The molecular formula is C14H16ClN3O2. The molecule has 0 aliphatic rings. The van der Waals surface area contributed by atoms with E-state index in [1.54, 1.807) is 13.2 Å². The van der Waals surface area contributed by atoms with Crippen molar-refractivity contribution in [1.82, 2.24) is 9.97 Å². The van der Waals surface area contributed by atoms with Crippen LogP contribution >= 0.6 is 11.6 Å². The lowest BCUT2D eigenvalue weighted by molar-refractivity contribution is 0.177. The minimum atomic E-state index is 0.278. The maximum absolute atomic E-state index is 6.13. The van der Waals surface area contributed by atoms with Crippen LogP contribution < -0.4 is 10.5 Å². The SMILES string of the molecule is COCc1nc(N)cc(Oc2cc(C)c(Cl)c(C)c2)n1. The van der Waals surface area contributed by atoms with Gasteiger partial charge in [-0.2, -0.15) is 4.98 Å². The normalized spacial score (nSPS) is 10.6. The van der Waals surface area contributed by atoms with Crippen molar-refractivity contribution in [2.75, 3.05) is 12.8 Å². The van der Waals surface area contributed by atoms with Crippen molar-refractivity contribution in [2.45, 2.75) is 20.5 Å². The molecule has 0 bridgehead atoms. The van der Waals surface area contributed by atoms with Gasteiger partial charge in [0.2, 0.25) is 5.88 Å². The maximum Gasteiger partial charge on any atom is 0.224 e. The Hall–Kier alpha value is -1.85. The number of benzene rings is 1. The minimum Gasteiger partial charge on any atom is -0.439 e. The summed E-state index contributed by atoms with van der Waals surface area (Å²) in [6.45, 7) is 4.12. The average molecular weight is 294 g/mol. The second-order valence-corrected chi connectivity index (χ2v) is 4.83. The summed E-state index contributed by atoms with van der Waals surface area (Å²) in [6.07, 6.45) is 0. The molecule has 106 valence electrons. The molecule has 0 unspecified atom stereocenters. The highest BCUT2D eigenvalue weighted by Crippen LogP contribution is 2.28. The zero-order valence-corrected chi connectivity index (χ0v) is 12.4. The Kier molecular flexibility index (Phi) is 4.42. The van der Waals surface area contributed by atoms with Gasteiger partial charge in [0.15, 0.2) is 5.82 Å². The molecule has 20 heavy (non-hydrogen) atoms. The van der Waals surface area contributed by atoms with E-state index in [1.165, 1.54) is 0 Å². The van der Waals surface area contributed by atoms with E-state index < -0.39 is 0 Å². The minimum absolute atomic E-state index is 0.278. The summed E-state index contributed by atoms with van der Waals surface area (Å²) >= 11 is 6.13. The van der Waals surface area contributed by atoms with Crippen LogP contribution in [-0.2, 0) is 11.3 Å². The summed E-state index contributed by atoms with van der Waals surface area (Å²) in [7, 11) is 1.57. The predicted molar refractivity (Wildman–Crippen MR) is 78.2 cm³/mol. The summed E-state index contributed by atoms with van der Waals surface area (Å²) in [4.78, 5) is 8.28. The third kappa shape index (κ3) is 3.37. The predicted octanol–water partition coefficient (Wildman–Crippen LogP) is 3.27. The van der Waals surface area contributed by atoms with Crippen molar-refractivity contribution in [2.24, 2.45) is 0 Å². The monoisotopic (exact) mass is 293 g/mol. The van der Waals surface area contributed by atoms with Gasteiger partial charge in [0.25, 0.3) is 0 Å². The molecule has 0 fully saturated rings. The number of hydrogen-bond acceptors (Lipinski definition) is 5. The molecule has 0 atom stereocenters. The third-order valence-corrected chi connectivity index (χ3v) is 3.27. The first-order chi connectivity index (χ1) is 9.49. The lowest BCUT2D eigenvalue weighted by Gasteiger charge is -2.10. The molecule has 0 aliphatic heterocycles. The second-order valence-electron chi connectivity index (χ2n) is 4.45. The highest BCUT2D eigenvalue weighted by Gasteiger charge is 2.08. The van der Waals surface area contributed by atoms with Gasteiger partial charge in [-0.05, 0) is 37.1 Å². The Labute approximate surface area is 122 Å². The van der Waals surface area contributed by atoms with Crippen LogP contribution in [0.2, 0.25) is 5.02 Å². The second kappa shape index (κ2) is 6.07. The number of nitrogens with zero attached hydrogens (tertiary/aromatic N) is 2. The lowest BCUT2D eigenvalue weighted by atomic mass is 10.1. The number of hydrogen-bond donors (Lipinski definition) is 1.